The molecule has 0 unspecified atom stereocenters. The Morgan fingerprint density at radius 1 is 0.452 bits per heavy atom. The molecular weight excluding hydrogens is 379 g/mol. The van der Waals surface area contributed by atoms with Crippen molar-refractivity contribution in [2.45, 2.75) is 0 Å². The van der Waals surface area contributed by atoms with Gasteiger partial charge in [-0.1, -0.05) is 90.4 Å². The number of hydrogen-bond donors (Lipinski definition) is 0. The van der Waals surface area contributed by atoms with Crippen molar-refractivity contribution >= 4 is 13.3 Å². The summed E-state index contributed by atoms with van der Waals surface area (Å²) in [5, 5.41) is 0. The summed E-state index contributed by atoms with van der Waals surface area (Å²) in [5.41, 5.74) is 5.31. The molecule has 0 N–H and O–H groups in total. The zero-order chi connectivity index (χ0) is 21.0. The molecule has 0 saturated heterocycles. The second-order valence-electron chi connectivity index (χ2n) is 7.09. The number of pyridine rings is 1. The second-order valence-corrected chi connectivity index (χ2v) is 7.09. The zero-order valence-corrected chi connectivity index (χ0v) is 16.7. The Kier molecular flexibility index (Phi) is 5.07. The lowest BCUT2D eigenvalue weighted by Crippen LogP contribution is -2.01. The average molecular weight is 396 g/mol. The minimum absolute atomic E-state index is 0.587. The molecule has 2 radical (unpaired) electrons. The summed E-state index contributed by atoms with van der Waals surface area (Å²) in [5.74, 6) is 1.85. The first-order valence-corrected chi connectivity index (χ1v) is 9.95. The largest absolute Gasteiger partial charge is 0.255 e. The van der Waals surface area contributed by atoms with Gasteiger partial charge >= 0.3 is 0 Å². The third-order valence-electron chi connectivity index (χ3n) is 4.93. The molecule has 0 fully saturated rings. The van der Waals surface area contributed by atoms with Crippen LogP contribution in [0.4, 0.5) is 0 Å². The molecule has 0 saturated carbocycles. The van der Waals surface area contributed by atoms with Crippen molar-refractivity contribution in [2.24, 2.45) is 0 Å². The van der Waals surface area contributed by atoms with Crippen molar-refractivity contribution in [3.63, 3.8) is 0 Å². The van der Waals surface area contributed by atoms with Gasteiger partial charge in [0, 0.05) is 28.5 Å². The summed E-state index contributed by atoms with van der Waals surface area (Å²) in [6, 6.07) is 31.5. The van der Waals surface area contributed by atoms with Crippen molar-refractivity contribution in [2.75, 3.05) is 0 Å². The van der Waals surface area contributed by atoms with Crippen LogP contribution in [0.25, 0.3) is 45.4 Å². The van der Waals surface area contributed by atoms with Crippen molar-refractivity contribution in [3.05, 3.63) is 103 Å². The highest BCUT2D eigenvalue weighted by atomic mass is 15.0. The quantitative estimate of drug-likeness (QED) is 0.412. The standard InChI is InChI=1S/C26H17BN4/c27-22-14-11-18(12-15-22)23-16-13-21(17-28-23)26-30-24(19-7-3-1-4-8-19)29-25(31-26)20-9-5-2-6-10-20/h1-17H. The summed E-state index contributed by atoms with van der Waals surface area (Å²) >= 11 is 0. The maximum atomic E-state index is 5.79. The van der Waals surface area contributed by atoms with Crippen LogP contribution < -0.4 is 5.46 Å². The fourth-order valence-electron chi connectivity index (χ4n) is 3.29. The Labute approximate surface area is 182 Å². The highest BCUT2D eigenvalue weighted by Gasteiger charge is 2.12. The lowest BCUT2D eigenvalue weighted by atomic mass is 9.95. The van der Waals surface area contributed by atoms with Crippen molar-refractivity contribution < 1.29 is 0 Å². The first-order valence-electron chi connectivity index (χ1n) is 9.95. The van der Waals surface area contributed by atoms with Crippen LogP contribution in [-0.4, -0.2) is 27.8 Å². The van der Waals surface area contributed by atoms with Crippen molar-refractivity contribution in [1.29, 1.82) is 0 Å². The molecule has 5 aromatic rings. The van der Waals surface area contributed by atoms with Gasteiger partial charge in [-0.25, -0.2) is 15.0 Å². The smallest absolute Gasteiger partial charge is 0.165 e. The summed E-state index contributed by atoms with van der Waals surface area (Å²) < 4.78 is 0. The van der Waals surface area contributed by atoms with E-state index in [2.05, 4.69) is 4.98 Å². The molecule has 0 bridgehead atoms. The molecule has 144 valence electrons. The Hall–Kier alpha value is -4.12. The summed E-state index contributed by atoms with van der Waals surface area (Å²) in [6.07, 6.45) is 1.80. The van der Waals surface area contributed by atoms with Gasteiger partial charge in [0.25, 0.3) is 0 Å². The van der Waals surface area contributed by atoms with Crippen LogP contribution in [0, 0.1) is 0 Å². The van der Waals surface area contributed by atoms with Crippen molar-refractivity contribution in [3.8, 4) is 45.4 Å². The van der Waals surface area contributed by atoms with Crippen molar-refractivity contribution in [1.82, 2.24) is 19.9 Å². The van der Waals surface area contributed by atoms with Gasteiger partial charge in [-0.15, -0.1) is 0 Å². The van der Waals surface area contributed by atoms with Crippen LogP contribution >= 0.6 is 0 Å². The van der Waals surface area contributed by atoms with E-state index in [-0.39, 0.29) is 0 Å². The van der Waals surface area contributed by atoms with E-state index in [0.717, 1.165) is 33.4 Å². The van der Waals surface area contributed by atoms with E-state index in [1.54, 1.807) is 6.20 Å². The monoisotopic (exact) mass is 396 g/mol. The van der Waals surface area contributed by atoms with E-state index in [1.165, 1.54) is 0 Å². The van der Waals surface area contributed by atoms with Gasteiger partial charge in [0.2, 0.25) is 0 Å². The van der Waals surface area contributed by atoms with Gasteiger partial charge in [0.05, 0.1) is 5.69 Å². The molecule has 2 heterocycles. The van der Waals surface area contributed by atoms with Crippen LogP contribution in [0.3, 0.4) is 0 Å². The molecule has 31 heavy (non-hydrogen) atoms. The number of hydrogen-bond acceptors (Lipinski definition) is 4. The number of aromatic nitrogens is 4. The Morgan fingerprint density at radius 3 is 1.42 bits per heavy atom. The molecule has 0 amide bonds. The minimum atomic E-state index is 0.587. The van der Waals surface area contributed by atoms with Crippen LogP contribution in [0.15, 0.2) is 103 Å². The molecule has 4 nitrogen and oxygen atoms in total. The molecule has 0 aliphatic rings. The van der Waals surface area contributed by atoms with Crippen LogP contribution in [0.1, 0.15) is 0 Å². The molecule has 0 atom stereocenters. The molecule has 0 aliphatic carbocycles. The molecule has 0 aliphatic heterocycles. The van der Waals surface area contributed by atoms with E-state index in [4.69, 9.17) is 22.8 Å². The Morgan fingerprint density at radius 2 is 0.935 bits per heavy atom. The van der Waals surface area contributed by atoms with Gasteiger partial charge in [-0.2, -0.15) is 0 Å². The summed E-state index contributed by atoms with van der Waals surface area (Å²) in [7, 11) is 5.79. The van der Waals surface area contributed by atoms with Gasteiger partial charge in [-0.3, -0.25) is 4.98 Å². The highest BCUT2D eigenvalue weighted by Crippen LogP contribution is 2.25. The summed E-state index contributed by atoms with van der Waals surface area (Å²) in [6.45, 7) is 0. The number of nitrogens with zero attached hydrogens (tertiary/aromatic N) is 4. The predicted molar refractivity (Wildman–Crippen MR) is 125 cm³/mol. The highest BCUT2D eigenvalue weighted by molar-refractivity contribution is 6.32. The fraction of sp³-hybridized carbons (Fsp3) is 0. The van der Waals surface area contributed by atoms with Crippen LogP contribution in [0.5, 0.6) is 0 Å². The Balaban J connectivity index is 1.58. The van der Waals surface area contributed by atoms with Gasteiger partial charge in [-0.05, 0) is 12.1 Å². The van der Waals surface area contributed by atoms with E-state index in [1.807, 2.05) is 97.1 Å². The lowest BCUT2D eigenvalue weighted by Gasteiger charge is -2.08. The van der Waals surface area contributed by atoms with E-state index in [9.17, 15) is 0 Å². The van der Waals surface area contributed by atoms with E-state index < -0.39 is 0 Å². The molecule has 3 aromatic carbocycles. The first-order chi connectivity index (χ1) is 15.3. The first kappa shape index (κ1) is 18.9. The molecule has 2 aromatic heterocycles. The van der Waals surface area contributed by atoms with Crippen LogP contribution in [-0.2, 0) is 0 Å². The fourth-order valence-corrected chi connectivity index (χ4v) is 3.29. The van der Waals surface area contributed by atoms with Gasteiger partial charge in [0.1, 0.15) is 7.85 Å². The van der Waals surface area contributed by atoms with E-state index in [0.29, 0.717) is 17.5 Å². The van der Waals surface area contributed by atoms with Gasteiger partial charge < -0.3 is 0 Å². The predicted octanol–water partition coefficient (Wildman–Crippen LogP) is 4.73. The summed E-state index contributed by atoms with van der Waals surface area (Å²) in [4.78, 5) is 18.8. The molecule has 5 rings (SSSR count). The second kappa shape index (κ2) is 8.32. The SMILES string of the molecule is [B]c1ccc(-c2ccc(-c3nc(-c4ccccc4)nc(-c4ccccc4)n3)cn2)cc1. The van der Waals surface area contributed by atoms with Crippen LogP contribution in [0.2, 0.25) is 0 Å². The van der Waals surface area contributed by atoms with Gasteiger partial charge in [0.15, 0.2) is 17.5 Å². The number of benzene rings is 3. The molecule has 5 heteroatoms. The van der Waals surface area contributed by atoms with E-state index >= 15 is 0 Å². The third kappa shape index (κ3) is 4.12. The molecular formula is C26H17BN4. The third-order valence-corrected chi connectivity index (χ3v) is 4.93. The molecule has 0 spiro atoms. The topological polar surface area (TPSA) is 51.6 Å². The lowest BCUT2D eigenvalue weighted by molar-refractivity contribution is 1.07. The Bertz CT molecular complexity index is 1250. The minimum Gasteiger partial charge on any atom is -0.255 e. The number of rotatable bonds is 4. The maximum Gasteiger partial charge on any atom is 0.165 e. The maximum absolute atomic E-state index is 5.79. The average Bonchev–Trinajstić information content (AvgIpc) is 2.85. The zero-order valence-electron chi connectivity index (χ0n) is 16.7. The normalized spacial score (nSPS) is 10.7.